The van der Waals surface area contributed by atoms with E-state index in [1.54, 1.807) is 7.11 Å². The second-order valence-corrected chi connectivity index (χ2v) is 4.43. The zero-order valence-corrected chi connectivity index (χ0v) is 10.5. The summed E-state index contributed by atoms with van der Waals surface area (Å²) in [5.41, 5.74) is 8.53. The standard InChI is InChI=1S/C11H11IN2O/c1-15-6-7-5-10(13)8-3-2-4-9(12)11(8)14-7/h2-5H,6H2,1H3,(H2,13,14). The fraction of sp³-hybridized carbons (Fsp3) is 0.182. The van der Waals surface area contributed by atoms with E-state index in [1.807, 2.05) is 24.3 Å². The van der Waals surface area contributed by atoms with Crippen molar-refractivity contribution in [3.05, 3.63) is 33.5 Å². The first-order chi connectivity index (χ1) is 7.22. The quantitative estimate of drug-likeness (QED) is 0.867. The van der Waals surface area contributed by atoms with Crippen LogP contribution in [0.4, 0.5) is 5.69 Å². The van der Waals surface area contributed by atoms with E-state index < -0.39 is 0 Å². The second-order valence-electron chi connectivity index (χ2n) is 3.27. The molecule has 2 aromatic rings. The number of hydrogen-bond acceptors (Lipinski definition) is 3. The number of pyridine rings is 1. The zero-order valence-electron chi connectivity index (χ0n) is 8.33. The van der Waals surface area contributed by atoms with Gasteiger partial charge in [0, 0.05) is 21.8 Å². The predicted octanol–water partition coefficient (Wildman–Crippen LogP) is 2.57. The first kappa shape index (κ1) is 10.6. The van der Waals surface area contributed by atoms with Gasteiger partial charge in [0.2, 0.25) is 0 Å². The average molecular weight is 314 g/mol. The summed E-state index contributed by atoms with van der Waals surface area (Å²) < 4.78 is 6.16. The Hall–Kier alpha value is -0.880. The molecule has 0 bridgehead atoms. The van der Waals surface area contributed by atoms with E-state index in [9.17, 15) is 0 Å². The summed E-state index contributed by atoms with van der Waals surface area (Å²) in [5, 5.41) is 1.00. The fourth-order valence-corrected chi connectivity index (χ4v) is 2.14. The highest BCUT2D eigenvalue weighted by Crippen LogP contribution is 2.24. The molecular weight excluding hydrogens is 303 g/mol. The maximum absolute atomic E-state index is 5.96. The van der Waals surface area contributed by atoms with Gasteiger partial charge < -0.3 is 10.5 Å². The Bertz CT molecular complexity index is 499. The Balaban J connectivity index is 2.68. The summed E-state index contributed by atoms with van der Waals surface area (Å²) in [6.45, 7) is 0.491. The number of para-hydroxylation sites is 1. The van der Waals surface area contributed by atoms with E-state index in [4.69, 9.17) is 10.5 Å². The minimum Gasteiger partial charge on any atom is -0.398 e. The Kier molecular flexibility index (Phi) is 3.06. The SMILES string of the molecule is COCc1cc(N)c2cccc(I)c2n1. The number of hydrogen-bond donors (Lipinski definition) is 1. The van der Waals surface area contributed by atoms with Crippen molar-refractivity contribution in [2.75, 3.05) is 12.8 Å². The molecule has 0 unspecified atom stereocenters. The lowest BCUT2D eigenvalue weighted by Gasteiger charge is -2.06. The van der Waals surface area contributed by atoms with Gasteiger partial charge in [0.25, 0.3) is 0 Å². The van der Waals surface area contributed by atoms with Gasteiger partial charge >= 0.3 is 0 Å². The number of benzene rings is 1. The topological polar surface area (TPSA) is 48.1 Å². The Morgan fingerprint density at radius 2 is 2.27 bits per heavy atom. The Morgan fingerprint density at radius 3 is 3.00 bits per heavy atom. The molecule has 0 fully saturated rings. The van der Waals surface area contributed by atoms with Crippen LogP contribution in [0.3, 0.4) is 0 Å². The smallest absolute Gasteiger partial charge is 0.0885 e. The van der Waals surface area contributed by atoms with Crippen molar-refractivity contribution in [2.45, 2.75) is 6.61 Å². The van der Waals surface area contributed by atoms with Crippen LogP contribution in [0.25, 0.3) is 10.9 Å². The number of nitrogens with zero attached hydrogens (tertiary/aromatic N) is 1. The van der Waals surface area contributed by atoms with E-state index in [-0.39, 0.29) is 0 Å². The van der Waals surface area contributed by atoms with Crippen molar-refractivity contribution >= 4 is 39.2 Å². The molecule has 0 saturated carbocycles. The first-order valence-corrected chi connectivity index (χ1v) is 5.63. The third-order valence-electron chi connectivity index (χ3n) is 2.17. The van der Waals surface area contributed by atoms with E-state index in [0.29, 0.717) is 6.61 Å². The normalized spacial score (nSPS) is 10.8. The number of nitrogens with two attached hydrogens (primary N) is 1. The van der Waals surface area contributed by atoms with Crippen LogP contribution in [-0.4, -0.2) is 12.1 Å². The lowest BCUT2D eigenvalue weighted by Crippen LogP contribution is -1.98. The monoisotopic (exact) mass is 314 g/mol. The largest absolute Gasteiger partial charge is 0.398 e. The lowest BCUT2D eigenvalue weighted by atomic mass is 10.1. The van der Waals surface area contributed by atoms with Crippen LogP contribution < -0.4 is 5.73 Å². The van der Waals surface area contributed by atoms with Crippen LogP contribution >= 0.6 is 22.6 Å². The number of anilines is 1. The van der Waals surface area contributed by atoms with Crippen molar-refractivity contribution in [3.63, 3.8) is 0 Å². The second kappa shape index (κ2) is 4.32. The molecule has 2 N–H and O–H groups in total. The summed E-state index contributed by atoms with van der Waals surface area (Å²) in [6.07, 6.45) is 0. The maximum Gasteiger partial charge on any atom is 0.0885 e. The molecule has 1 heterocycles. The molecule has 78 valence electrons. The van der Waals surface area contributed by atoms with E-state index >= 15 is 0 Å². The van der Waals surface area contributed by atoms with Crippen molar-refractivity contribution < 1.29 is 4.74 Å². The molecule has 0 spiro atoms. The number of rotatable bonds is 2. The highest BCUT2D eigenvalue weighted by Gasteiger charge is 2.05. The zero-order chi connectivity index (χ0) is 10.8. The molecule has 0 amide bonds. The summed E-state index contributed by atoms with van der Waals surface area (Å²) in [4.78, 5) is 4.51. The fourth-order valence-electron chi connectivity index (χ4n) is 1.52. The molecule has 0 saturated heterocycles. The minimum atomic E-state index is 0.491. The van der Waals surface area contributed by atoms with Gasteiger partial charge in [-0.25, -0.2) is 4.98 Å². The number of halogens is 1. The molecule has 3 nitrogen and oxygen atoms in total. The van der Waals surface area contributed by atoms with Crippen LogP contribution in [0.1, 0.15) is 5.69 Å². The van der Waals surface area contributed by atoms with Gasteiger partial charge in [-0.15, -0.1) is 0 Å². The van der Waals surface area contributed by atoms with E-state index in [0.717, 1.165) is 25.9 Å². The molecule has 15 heavy (non-hydrogen) atoms. The van der Waals surface area contributed by atoms with E-state index in [1.165, 1.54) is 0 Å². The molecule has 0 radical (unpaired) electrons. The number of ether oxygens (including phenoxy) is 1. The van der Waals surface area contributed by atoms with Crippen molar-refractivity contribution in [2.24, 2.45) is 0 Å². The number of methoxy groups -OCH3 is 1. The molecular formula is C11H11IN2O. The Labute approximate surface area is 102 Å². The summed E-state index contributed by atoms with van der Waals surface area (Å²) in [7, 11) is 1.65. The van der Waals surface area contributed by atoms with Crippen molar-refractivity contribution in [1.29, 1.82) is 0 Å². The number of nitrogen functional groups attached to an aromatic ring is 1. The van der Waals surface area contributed by atoms with Gasteiger partial charge in [-0.2, -0.15) is 0 Å². The van der Waals surface area contributed by atoms with Crippen LogP contribution in [0, 0.1) is 3.57 Å². The molecule has 0 aliphatic heterocycles. The van der Waals surface area contributed by atoms with Gasteiger partial charge in [-0.3, -0.25) is 0 Å². The summed E-state index contributed by atoms with van der Waals surface area (Å²) in [6, 6.07) is 7.85. The third-order valence-corrected chi connectivity index (χ3v) is 3.04. The predicted molar refractivity (Wildman–Crippen MR) is 69.6 cm³/mol. The molecule has 0 aliphatic rings. The van der Waals surface area contributed by atoms with Gasteiger partial charge in [-0.05, 0) is 34.7 Å². The van der Waals surface area contributed by atoms with Crippen LogP contribution in [0.5, 0.6) is 0 Å². The van der Waals surface area contributed by atoms with Gasteiger partial charge in [0.1, 0.15) is 0 Å². The number of fused-ring (bicyclic) bond motifs is 1. The average Bonchev–Trinajstić information content (AvgIpc) is 2.20. The number of aromatic nitrogens is 1. The van der Waals surface area contributed by atoms with Gasteiger partial charge in [0.05, 0.1) is 17.8 Å². The van der Waals surface area contributed by atoms with Crippen LogP contribution in [-0.2, 0) is 11.3 Å². The summed E-state index contributed by atoms with van der Waals surface area (Å²) in [5.74, 6) is 0. The Morgan fingerprint density at radius 1 is 1.47 bits per heavy atom. The van der Waals surface area contributed by atoms with Crippen molar-refractivity contribution in [1.82, 2.24) is 4.98 Å². The molecule has 0 atom stereocenters. The molecule has 0 aliphatic carbocycles. The van der Waals surface area contributed by atoms with Crippen LogP contribution in [0.2, 0.25) is 0 Å². The van der Waals surface area contributed by atoms with E-state index in [2.05, 4.69) is 27.6 Å². The van der Waals surface area contributed by atoms with Gasteiger partial charge in [-0.1, -0.05) is 12.1 Å². The minimum absolute atomic E-state index is 0.491. The molecule has 1 aromatic carbocycles. The molecule has 2 rings (SSSR count). The maximum atomic E-state index is 5.96. The van der Waals surface area contributed by atoms with Crippen molar-refractivity contribution in [3.8, 4) is 0 Å². The highest BCUT2D eigenvalue weighted by atomic mass is 127. The molecule has 4 heteroatoms. The van der Waals surface area contributed by atoms with Gasteiger partial charge in [0.15, 0.2) is 0 Å². The van der Waals surface area contributed by atoms with Crippen LogP contribution in [0.15, 0.2) is 24.3 Å². The third kappa shape index (κ3) is 2.05. The summed E-state index contributed by atoms with van der Waals surface area (Å²) >= 11 is 2.26. The molecule has 1 aromatic heterocycles. The first-order valence-electron chi connectivity index (χ1n) is 4.55. The highest BCUT2D eigenvalue weighted by molar-refractivity contribution is 14.1. The lowest BCUT2D eigenvalue weighted by molar-refractivity contribution is 0.182.